The molecular weight excluding hydrogens is 282 g/mol. The summed E-state index contributed by atoms with van der Waals surface area (Å²) in [5.41, 5.74) is 3.02. The molecule has 5 heteroatoms. The minimum Gasteiger partial charge on any atom is -0.380 e. The van der Waals surface area contributed by atoms with Crippen molar-refractivity contribution in [1.29, 1.82) is 0 Å². The van der Waals surface area contributed by atoms with Crippen molar-refractivity contribution >= 4 is 28.6 Å². The van der Waals surface area contributed by atoms with Crippen molar-refractivity contribution in [1.82, 2.24) is 4.98 Å². The Hall–Kier alpha value is -1.88. The lowest BCUT2D eigenvalue weighted by atomic mass is 10.1. The maximum atomic E-state index is 11.5. The molecule has 2 rings (SSSR count). The maximum absolute atomic E-state index is 11.5. The van der Waals surface area contributed by atoms with Crippen molar-refractivity contribution in [3.05, 3.63) is 39.8 Å². The van der Waals surface area contributed by atoms with Gasteiger partial charge in [-0.25, -0.2) is 4.98 Å². The van der Waals surface area contributed by atoms with Crippen LogP contribution in [0.1, 0.15) is 35.7 Å². The van der Waals surface area contributed by atoms with E-state index in [1.807, 2.05) is 31.3 Å². The largest absolute Gasteiger partial charge is 0.380 e. The molecule has 1 amide bonds. The second-order valence-electron chi connectivity index (χ2n) is 4.86. The van der Waals surface area contributed by atoms with Crippen LogP contribution in [0.3, 0.4) is 0 Å². The van der Waals surface area contributed by atoms with Gasteiger partial charge in [0.25, 0.3) is 0 Å². The first-order chi connectivity index (χ1) is 10.1. The first kappa shape index (κ1) is 15.5. The van der Waals surface area contributed by atoms with Crippen LogP contribution in [-0.2, 0) is 17.8 Å². The molecule has 0 unspecified atom stereocenters. The highest BCUT2D eigenvalue weighted by molar-refractivity contribution is 7.11. The van der Waals surface area contributed by atoms with E-state index in [1.54, 1.807) is 11.3 Å². The molecule has 2 N–H and O–H groups in total. The van der Waals surface area contributed by atoms with E-state index in [2.05, 4.69) is 29.5 Å². The van der Waals surface area contributed by atoms with Crippen LogP contribution in [0.5, 0.6) is 0 Å². The van der Waals surface area contributed by atoms with Crippen LogP contribution >= 0.6 is 11.3 Å². The highest BCUT2D eigenvalue weighted by Crippen LogP contribution is 2.22. The van der Waals surface area contributed by atoms with Crippen LogP contribution in [0.25, 0.3) is 0 Å². The fourth-order valence-electron chi connectivity index (χ4n) is 1.92. The zero-order chi connectivity index (χ0) is 15.2. The van der Waals surface area contributed by atoms with Crippen LogP contribution in [0.4, 0.5) is 11.4 Å². The van der Waals surface area contributed by atoms with E-state index in [4.69, 9.17) is 0 Å². The molecule has 0 aliphatic carbocycles. The van der Waals surface area contributed by atoms with Gasteiger partial charge in [-0.15, -0.1) is 11.3 Å². The number of rotatable bonds is 6. The molecule has 0 saturated carbocycles. The SMILES string of the molecule is CCC(=O)Nc1ccc(C)c(NCc2cnc(CC)s2)c1. The fourth-order valence-corrected chi connectivity index (χ4v) is 2.72. The van der Waals surface area contributed by atoms with E-state index in [9.17, 15) is 4.79 Å². The van der Waals surface area contributed by atoms with Gasteiger partial charge >= 0.3 is 0 Å². The Morgan fingerprint density at radius 2 is 2.14 bits per heavy atom. The van der Waals surface area contributed by atoms with Crippen molar-refractivity contribution in [2.24, 2.45) is 0 Å². The number of hydrogen-bond donors (Lipinski definition) is 2. The first-order valence-corrected chi connectivity index (χ1v) is 8.02. The third kappa shape index (κ3) is 4.29. The van der Waals surface area contributed by atoms with Gasteiger partial charge in [-0.05, 0) is 31.0 Å². The lowest BCUT2D eigenvalue weighted by Crippen LogP contribution is -2.10. The van der Waals surface area contributed by atoms with E-state index >= 15 is 0 Å². The van der Waals surface area contributed by atoms with Crippen molar-refractivity contribution in [3.8, 4) is 0 Å². The van der Waals surface area contributed by atoms with E-state index < -0.39 is 0 Å². The van der Waals surface area contributed by atoms with Crippen molar-refractivity contribution in [2.75, 3.05) is 10.6 Å². The molecule has 0 aliphatic rings. The predicted octanol–water partition coefficient (Wildman–Crippen LogP) is 3.97. The van der Waals surface area contributed by atoms with E-state index in [-0.39, 0.29) is 5.91 Å². The Balaban J connectivity index is 2.04. The van der Waals surface area contributed by atoms with Gasteiger partial charge in [0.1, 0.15) is 0 Å². The Morgan fingerprint density at radius 3 is 2.81 bits per heavy atom. The molecule has 0 spiro atoms. The van der Waals surface area contributed by atoms with Crippen LogP contribution in [0.2, 0.25) is 0 Å². The molecule has 2 aromatic rings. The molecule has 21 heavy (non-hydrogen) atoms. The Kier molecular flexibility index (Phi) is 5.33. The monoisotopic (exact) mass is 303 g/mol. The lowest BCUT2D eigenvalue weighted by molar-refractivity contribution is -0.115. The van der Waals surface area contributed by atoms with Gasteiger partial charge in [0, 0.05) is 28.9 Å². The average molecular weight is 303 g/mol. The smallest absolute Gasteiger partial charge is 0.224 e. The second-order valence-corrected chi connectivity index (χ2v) is 6.06. The number of hydrogen-bond acceptors (Lipinski definition) is 4. The number of aryl methyl sites for hydroxylation is 2. The van der Waals surface area contributed by atoms with Gasteiger partial charge < -0.3 is 10.6 Å². The van der Waals surface area contributed by atoms with Gasteiger partial charge in [0.2, 0.25) is 5.91 Å². The van der Waals surface area contributed by atoms with Gasteiger partial charge in [-0.2, -0.15) is 0 Å². The molecule has 0 aliphatic heterocycles. The fraction of sp³-hybridized carbons (Fsp3) is 0.375. The molecule has 0 saturated heterocycles. The molecule has 0 fully saturated rings. The number of nitrogens with zero attached hydrogens (tertiary/aromatic N) is 1. The molecule has 1 heterocycles. The normalized spacial score (nSPS) is 10.4. The summed E-state index contributed by atoms with van der Waals surface area (Å²) in [6.45, 7) is 6.76. The van der Waals surface area contributed by atoms with Crippen molar-refractivity contribution in [3.63, 3.8) is 0 Å². The summed E-state index contributed by atoms with van der Waals surface area (Å²) < 4.78 is 0. The molecule has 1 aromatic heterocycles. The van der Waals surface area contributed by atoms with Crippen LogP contribution in [0.15, 0.2) is 24.4 Å². The van der Waals surface area contributed by atoms with Gasteiger partial charge in [-0.1, -0.05) is 19.9 Å². The average Bonchev–Trinajstić information content (AvgIpc) is 2.95. The minimum absolute atomic E-state index is 0.0276. The number of amides is 1. The number of carbonyl (C=O) groups is 1. The van der Waals surface area contributed by atoms with Crippen molar-refractivity contribution in [2.45, 2.75) is 40.2 Å². The molecule has 0 bridgehead atoms. The maximum Gasteiger partial charge on any atom is 0.224 e. The highest BCUT2D eigenvalue weighted by atomic mass is 32.1. The number of benzene rings is 1. The molecule has 112 valence electrons. The highest BCUT2D eigenvalue weighted by Gasteiger charge is 2.05. The summed E-state index contributed by atoms with van der Waals surface area (Å²) in [5.74, 6) is 0.0276. The van der Waals surface area contributed by atoms with Gasteiger partial charge in [-0.3, -0.25) is 4.79 Å². The first-order valence-electron chi connectivity index (χ1n) is 7.20. The summed E-state index contributed by atoms with van der Waals surface area (Å²) in [6, 6.07) is 5.92. The zero-order valence-corrected chi connectivity index (χ0v) is 13.5. The topological polar surface area (TPSA) is 54.0 Å². The number of carbonyl (C=O) groups excluding carboxylic acids is 1. The summed E-state index contributed by atoms with van der Waals surface area (Å²) in [4.78, 5) is 17.0. The third-order valence-corrected chi connectivity index (χ3v) is 4.34. The van der Waals surface area contributed by atoms with Crippen molar-refractivity contribution < 1.29 is 4.79 Å². The molecule has 1 aromatic carbocycles. The Bertz CT molecular complexity index is 622. The van der Waals surface area contributed by atoms with Gasteiger partial charge in [0.15, 0.2) is 0 Å². The summed E-state index contributed by atoms with van der Waals surface area (Å²) in [5, 5.41) is 7.46. The van der Waals surface area contributed by atoms with E-state index in [0.29, 0.717) is 6.42 Å². The molecular formula is C16H21N3OS. The minimum atomic E-state index is 0.0276. The number of anilines is 2. The summed E-state index contributed by atoms with van der Waals surface area (Å²) >= 11 is 1.73. The zero-order valence-electron chi connectivity index (χ0n) is 12.7. The lowest BCUT2D eigenvalue weighted by Gasteiger charge is -2.11. The standard InChI is InChI=1S/C16H21N3OS/c1-4-15(20)19-12-7-6-11(3)14(8-12)17-9-13-10-18-16(5-2)21-13/h6-8,10,17H,4-5,9H2,1-3H3,(H,19,20). The van der Waals surface area contributed by atoms with Crippen LogP contribution < -0.4 is 10.6 Å². The number of nitrogens with one attached hydrogen (secondary N) is 2. The summed E-state index contributed by atoms with van der Waals surface area (Å²) in [7, 11) is 0. The Morgan fingerprint density at radius 1 is 1.33 bits per heavy atom. The quantitative estimate of drug-likeness (QED) is 0.849. The predicted molar refractivity (Wildman–Crippen MR) is 88.9 cm³/mol. The number of aromatic nitrogens is 1. The second kappa shape index (κ2) is 7.22. The summed E-state index contributed by atoms with van der Waals surface area (Å²) in [6.07, 6.45) is 3.38. The van der Waals surface area contributed by atoms with Crippen LogP contribution in [0, 0.1) is 6.92 Å². The van der Waals surface area contributed by atoms with Gasteiger partial charge in [0.05, 0.1) is 11.6 Å². The molecule has 0 atom stereocenters. The third-order valence-electron chi connectivity index (χ3n) is 3.20. The molecule has 0 radical (unpaired) electrons. The number of thiazole rings is 1. The molecule has 4 nitrogen and oxygen atoms in total. The van der Waals surface area contributed by atoms with E-state index in [1.165, 1.54) is 4.88 Å². The van der Waals surface area contributed by atoms with E-state index in [0.717, 1.165) is 34.9 Å². The Labute approximate surface area is 129 Å². The van der Waals surface area contributed by atoms with Crippen LogP contribution in [-0.4, -0.2) is 10.9 Å².